The van der Waals surface area contributed by atoms with E-state index in [1.165, 1.54) is 6.26 Å². The van der Waals surface area contributed by atoms with E-state index < -0.39 is 9.84 Å². The van der Waals surface area contributed by atoms with Crippen LogP contribution in [0.15, 0.2) is 29.2 Å². The molecule has 5 nitrogen and oxygen atoms in total. The van der Waals surface area contributed by atoms with Crippen molar-refractivity contribution in [3.05, 3.63) is 29.8 Å². The molecule has 2 atom stereocenters. The number of hydrogen-bond donors (Lipinski definition) is 1. The molecule has 0 radical (unpaired) electrons. The minimum absolute atomic E-state index is 0.109. The van der Waals surface area contributed by atoms with Crippen molar-refractivity contribution in [3.63, 3.8) is 0 Å². The van der Waals surface area contributed by atoms with Crippen LogP contribution in [0.5, 0.6) is 0 Å². The summed E-state index contributed by atoms with van der Waals surface area (Å²) in [6.07, 6.45) is 2.49. The fraction of sp³-hybridized carbons (Fsp3) is 0.500. The highest BCUT2D eigenvalue weighted by atomic mass is 32.2. The molecule has 0 spiro atoms. The van der Waals surface area contributed by atoms with Gasteiger partial charge in [-0.2, -0.15) is 0 Å². The molecule has 0 saturated carbocycles. The molecule has 1 aromatic rings. The second-order valence-corrected chi connectivity index (χ2v) is 7.09. The van der Waals surface area contributed by atoms with Crippen molar-refractivity contribution in [3.8, 4) is 0 Å². The Labute approximate surface area is 119 Å². The molecule has 2 rings (SSSR count). The molecule has 0 aliphatic carbocycles. The lowest BCUT2D eigenvalue weighted by atomic mass is 10.1. The smallest absolute Gasteiger partial charge is 0.249 e. The molecule has 6 heteroatoms. The number of benzene rings is 1. The molecule has 1 aliphatic rings. The standard InChI is InChI=1S/C14H19NO4S/c1-10(15-14(16)13-4-3-9-19-13)11-5-7-12(8-6-11)20(2,17)18/h5-8,10,13H,3-4,9H2,1-2H3,(H,15,16). The molecule has 0 aromatic heterocycles. The third kappa shape index (κ3) is 3.58. The van der Waals surface area contributed by atoms with Gasteiger partial charge in [-0.3, -0.25) is 4.79 Å². The Balaban J connectivity index is 2.02. The Kier molecular flexibility index (Phi) is 4.45. The van der Waals surface area contributed by atoms with Crippen LogP contribution >= 0.6 is 0 Å². The number of carbonyl (C=O) groups is 1. The zero-order valence-electron chi connectivity index (χ0n) is 11.6. The molecule has 1 heterocycles. The maximum Gasteiger partial charge on any atom is 0.249 e. The van der Waals surface area contributed by atoms with Crippen LogP contribution in [0, 0.1) is 0 Å². The molecule has 1 amide bonds. The summed E-state index contributed by atoms with van der Waals surface area (Å²) in [6, 6.07) is 6.37. The Bertz CT molecular complexity index is 574. The summed E-state index contributed by atoms with van der Waals surface area (Å²) in [7, 11) is -3.19. The summed E-state index contributed by atoms with van der Waals surface area (Å²) in [6.45, 7) is 2.50. The van der Waals surface area contributed by atoms with E-state index in [9.17, 15) is 13.2 Å². The van der Waals surface area contributed by atoms with Gasteiger partial charge in [0, 0.05) is 12.9 Å². The van der Waals surface area contributed by atoms with Crippen LogP contribution in [0.3, 0.4) is 0 Å². The number of hydrogen-bond acceptors (Lipinski definition) is 4. The van der Waals surface area contributed by atoms with Crippen LogP contribution < -0.4 is 5.32 Å². The average Bonchev–Trinajstić information content (AvgIpc) is 2.91. The number of rotatable bonds is 4. The van der Waals surface area contributed by atoms with Gasteiger partial charge in [0.15, 0.2) is 9.84 Å². The molecule has 1 aliphatic heterocycles. The van der Waals surface area contributed by atoms with Crippen molar-refractivity contribution in [2.45, 2.75) is 36.8 Å². The van der Waals surface area contributed by atoms with Gasteiger partial charge in [0.2, 0.25) is 5.91 Å². The van der Waals surface area contributed by atoms with Crippen LogP contribution in [0.2, 0.25) is 0 Å². The highest BCUT2D eigenvalue weighted by molar-refractivity contribution is 7.90. The normalized spacial score (nSPS) is 20.6. The fourth-order valence-electron chi connectivity index (χ4n) is 2.18. The van der Waals surface area contributed by atoms with Crippen LogP contribution in [0.4, 0.5) is 0 Å². The van der Waals surface area contributed by atoms with Crippen LogP contribution in [0.25, 0.3) is 0 Å². The minimum Gasteiger partial charge on any atom is -0.368 e. The summed E-state index contributed by atoms with van der Waals surface area (Å²) in [5.41, 5.74) is 0.865. The lowest BCUT2D eigenvalue weighted by Gasteiger charge is -2.17. The SMILES string of the molecule is CC(NC(=O)C1CCCO1)c1ccc(S(C)(=O)=O)cc1. The first-order valence-electron chi connectivity index (χ1n) is 6.60. The molecule has 1 saturated heterocycles. The van der Waals surface area contributed by atoms with Crippen molar-refractivity contribution >= 4 is 15.7 Å². The Morgan fingerprint density at radius 2 is 2.00 bits per heavy atom. The van der Waals surface area contributed by atoms with Gasteiger partial charge in [-0.15, -0.1) is 0 Å². The van der Waals surface area contributed by atoms with Gasteiger partial charge in [-0.1, -0.05) is 12.1 Å². The second kappa shape index (κ2) is 5.93. The maximum atomic E-state index is 11.9. The number of sulfone groups is 1. The number of carbonyl (C=O) groups excluding carboxylic acids is 1. The van der Waals surface area contributed by atoms with Gasteiger partial charge in [0.1, 0.15) is 6.10 Å². The van der Waals surface area contributed by atoms with E-state index in [4.69, 9.17) is 4.74 Å². The molecule has 1 fully saturated rings. The molecule has 1 N–H and O–H groups in total. The first-order chi connectivity index (χ1) is 9.38. The van der Waals surface area contributed by atoms with Crippen LogP contribution in [-0.4, -0.2) is 33.3 Å². The second-order valence-electron chi connectivity index (χ2n) is 5.07. The Hall–Kier alpha value is -1.40. The lowest BCUT2D eigenvalue weighted by Crippen LogP contribution is -2.35. The third-order valence-electron chi connectivity index (χ3n) is 3.39. The van der Waals surface area contributed by atoms with Gasteiger partial charge in [-0.05, 0) is 37.5 Å². The number of nitrogens with one attached hydrogen (secondary N) is 1. The Morgan fingerprint density at radius 1 is 1.35 bits per heavy atom. The summed E-state index contributed by atoms with van der Waals surface area (Å²) >= 11 is 0. The predicted octanol–water partition coefficient (Wildman–Crippen LogP) is 1.45. The van der Waals surface area contributed by atoms with Crippen molar-refractivity contribution < 1.29 is 17.9 Å². The Morgan fingerprint density at radius 3 is 2.50 bits per heavy atom. The predicted molar refractivity (Wildman–Crippen MR) is 75.1 cm³/mol. The summed E-state index contributed by atoms with van der Waals surface area (Å²) in [4.78, 5) is 12.2. The van der Waals surface area contributed by atoms with Crippen LogP contribution in [-0.2, 0) is 19.4 Å². The molecule has 2 unspecified atom stereocenters. The van der Waals surface area contributed by atoms with Gasteiger partial charge in [-0.25, -0.2) is 8.42 Å². The van der Waals surface area contributed by atoms with Gasteiger partial charge in [0.25, 0.3) is 0 Å². The monoisotopic (exact) mass is 297 g/mol. The van der Waals surface area contributed by atoms with Crippen LogP contribution in [0.1, 0.15) is 31.4 Å². The maximum absolute atomic E-state index is 11.9. The third-order valence-corrected chi connectivity index (χ3v) is 4.52. The molecule has 20 heavy (non-hydrogen) atoms. The summed E-state index contributed by atoms with van der Waals surface area (Å²) in [5.74, 6) is -0.109. The number of ether oxygens (including phenoxy) is 1. The van der Waals surface area contributed by atoms with E-state index in [-0.39, 0.29) is 22.9 Å². The van der Waals surface area contributed by atoms with E-state index in [0.717, 1.165) is 18.4 Å². The molecule has 0 bridgehead atoms. The minimum atomic E-state index is -3.19. The van der Waals surface area contributed by atoms with Gasteiger partial charge < -0.3 is 10.1 Å². The zero-order chi connectivity index (χ0) is 14.8. The number of amides is 1. The van der Waals surface area contributed by atoms with E-state index in [1.54, 1.807) is 24.3 Å². The first-order valence-corrected chi connectivity index (χ1v) is 8.49. The molecule has 1 aromatic carbocycles. The molecular weight excluding hydrogens is 278 g/mol. The molecular formula is C14H19NO4S. The first kappa shape index (κ1) is 15.0. The van der Waals surface area contributed by atoms with E-state index >= 15 is 0 Å². The van der Waals surface area contributed by atoms with Gasteiger partial charge >= 0.3 is 0 Å². The van der Waals surface area contributed by atoms with E-state index in [2.05, 4.69) is 5.32 Å². The van der Waals surface area contributed by atoms with Gasteiger partial charge in [0.05, 0.1) is 10.9 Å². The highest BCUT2D eigenvalue weighted by Gasteiger charge is 2.24. The van der Waals surface area contributed by atoms with Crippen molar-refractivity contribution in [1.29, 1.82) is 0 Å². The van der Waals surface area contributed by atoms with Crippen molar-refractivity contribution in [2.24, 2.45) is 0 Å². The lowest BCUT2D eigenvalue weighted by molar-refractivity contribution is -0.130. The zero-order valence-corrected chi connectivity index (χ0v) is 12.4. The summed E-state index contributed by atoms with van der Waals surface area (Å²) < 4.78 is 28.1. The van der Waals surface area contributed by atoms with Crippen molar-refractivity contribution in [2.75, 3.05) is 12.9 Å². The topological polar surface area (TPSA) is 72.5 Å². The van der Waals surface area contributed by atoms with Crippen molar-refractivity contribution in [1.82, 2.24) is 5.32 Å². The van der Waals surface area contributed by atoms with E-state index in [0.29, 0.717) is 6.61 Å². The van der Waals surface area contributed by atoms with E-state index in [1.807, 2.05) is 6.92 Å². The highest BCUT2D eigenvalue weighted by Crippen LogP contribution is 2.18. The summed E-state index contributed by atoms with van der Waals surface area (Å²) in [5, 5.41) is 2.88. The average molecular weight is 297 g/mol. The molecule has 110 valence electrons. The quantitative estimate of drug-likeness (QED) is 0.913. The largest absolute Gasteiger partial charge is 0.368 e. The fourth-order valence-corrected chi connectivity index (χ4v) is 2.81.